The molecule has 0 N–H and O–H groups in total. The van der Waals surface area contributed by atoms with Gasteiger partial charge in [0.05, 0.1) is 27.7 Å². The Balaban J connectivity index is 0. The molecule has 0 aromatic heterocycles. The van der Waals surface area contributed by atoms with E-state index < -0.39 is 0 Å². The molecule has 0 heterocycles. The first-order valence-corrected chi connectivity index (χ1v) is 9.01. The predicted octanol–water partition coefficient (Wildman–Crippen LogP) is 2.95. The number of hydrogen-bond donors (Lipinski definition) is 0. The van der Waals surface area contributed by atoms with Gasteiger partial charge in [-0.05, 0) is 38.5 Å². The van der Waals surface area contributed by atoms with Crippen LogP contribution in [0.1, 0.15) is 84.0 Å². The fourth-order valence-electron chi connectivity index (χ4n) is 2.48. The third kappa shape index (κ3) is 22.4. The quantitative estimate of drug-likeness (QED) is 0.262. The third-order valence-electron chi connectivity index (χ3n) is 3.84. The highest BCUT2D eigenvalue weighted by molar-refractivity contribution is 4.81. The first-order chi connectivity index (χ1) is 9.56. The van der Waals surface area contributed by atoms with Crippen molar-refractivity contribution in [3.05, 3.63) is 12.2 Å². The molecule has 0 aromatic rings. The fourth-order valence-corrected chi connectivity index (χ4v) is 2.48. The van der Waals surface area contributed by atoms with Crippen LogP contribution in [0.2, 0.25) is 0 Å². The Hall–Kier alpha value is -0.0100. The van der Waals surface area contributed by atoms with Crippen LogP contribution in [0.5, 0.6) is 0 Å². The Labute approximate surface area is 141 Å². The van der Waals surface area contributed by atoms with E-state index in [4.69, 9.17) is 0 Å². The lowest BCUT2D eigenvalue weighted by Crippen LogP contribution is -3.00. The molecule has 21 heavy (non-hydrogen) atoms. The van der Waals surface area contributed by atoms with E-state index in [2.05, 4.69) is 40.2 Å². The second-order valence-corrected chi connectivity index (χ2v) is 7.24. The summed E-state index contributed by atoms with van der Waals surface area (Å²) >= 11 is 0. The number of allylic oxidation sites excluding steroid dienone is 2. The van der Waals surface area contributed by atoms with Gasteiger partial charge in [-0.2, -0.15) is 0 Å². The van der Waals surface area contributed by atoms with Crippen LogP contribution in [-0.4, -0.2) is 32.2 Å². The Morgan fingerprint density at radius 1 is 0.619 bits per heavy atom. The van der Waals surface area contributed by atoms with Gasteiger partial charge in [0.15, 0.2) is 0 Å². The second-order valence-electron chi connectivity index (χ2n) is 7.24. The van der Waals surface area contributed by atoms with Crippen molar-refractivity contribution in [1.29, 1.82) is 0 Å². The average Bonchev–Trinajstić information content (AvgIpc) is 2.38. The summed E-state index contributed by atoms with van der Waals surface area (Å²) in [5, 5.41) is 0. The Kier molecular flexibility index (Phi) is 18.1. The van der Waals surface area contributed by atoms with Gasteiger partial charge < -0.3 is 16.9 Å². The van der Waals surface area contributed by atoms with Gasteiger partial charge in [0, 0.05) is 0 Å². The first-order valence-electron chi connectivity index (χ1n) is 9.01. The zero-order chi connectivity index (χ0) is 15.1. The van der Waals surface area contributed by atoms with Crippen LogP contribution in [0, 0.1) is 0 Å². The van der Waals surface area contributed by atoms with Gasteiger partial charge in [0.2, 0.25) is 0 Å². The van der Waals surface area contributed by atoms with Crippen molar-refractivity contribution < 1.29 is 16.9 Å². The van der Waals surface area contributed by atoms with E-state index in [1.165, 1.54) is 83.6 Å². The molecule has 0 radical (unpaired) electrons. The number of hydrogen-bond acceptors (Lipinski definition) is 0. The van der Waals surface area contributed by atoms with Gasteiger partial charge in [-0.3, -0.25) is 0 Å². The topological polar surface area (TPSA) is 0 Å². The molecule has 0 fully saturated rings. The highest BCUT2D eigenvalue weighted by atomic mass is 35.5. The van der Waals surface area contributed by atoms with E-state index in [-0.39, 0.29) is 12.4 Å². The summed E-state index contributed by atoms with van der Waals surface area (Å²) in [6.07, 6.45) is 21.4. The lowest BCUT2D eigenvalue weighted by atomic mass is 10.1. The van der Waals surface area contributed by atoms with Crippen LogP contribution in [0.25, 0.3) is 0 Å². The molecule has 0 saturated heterocycles. The minimum absolute atomic E-state index is 0. The number of nitrogens with zero attached hydrogens (tertiary/aromatic N) is 1. The molecule has 0 unspecified atom stereocenters. The van der Waals surface area contributed by atoms with Crippen molar-refractivity contribution in [3.8, 4) is 0 Å². The van der Waals surface area contributed by atoms with Crippen molar-refractivity contribution in [3.63, 3.8) is 0 Å². The van der Waals surface area contributed by atoms with E-state index >= 15 is 0 Å². The smallest absolute Gasteiger partial charge is 0.0780 e. The van der Waals surface area contributed by atoms with Gasteiger partial charge >= 0.3 is 0 Å². The highest BCUT2D eigenvalue weighted by Gasteiger charge is 2.04. The van der Waals surface area contributed by atoms with Gasteiger partial charge in [0.25, 0.3) is 0 Å². The largest absolute Gasteiger partial charge is 1.00 e. The molecular formula is C19H40ClN. The lowest BCUT2D eigenvalue weighted by molar-refractivity contribution is -0.870. The van der Waals surface area contributed by atoms with E-state index in [0.717, 1.165) is 4.48 Å². The Morgan fingerprint density at radius 2 is 1.05 bits per heavy atom. The fraction of sp³-hybridized carbons (Fsp3) is 0.895. The maximum Gasteiger partial charge on any atom is 0.0780 e. The third-order valence-corrected chi connectivity index (χ3v) is 3.84. The van der Waals surface area contributed by atoms with Crippen molar-refractivity contribution in [2.24, 2.45) is 0 Å². The summed E-state index contributed by atoms with van der Waals surface area (Å²) in [4.78, 5) is 0. The van der Waals surface area contributed by atoms with E-state index in [1.807, 2.05) is 0 Å². The molecule has 0 aromatic carbocycles. The van der Waals surface area contributed by atoms with Crippen molar-refractivity contribution in [2.45, 2.75) is 84.0 Å². The van der Waals surface area contributed by atoms with Gasteiger partial charge in [-0.1, -0.05) is 57.6 Å². The first kappa shape index (κ1) is 23.3. The molecule has 0 atom stereocenters. The standard InChI is InChI=1S/C19H40N.ClH/c1-5-6-7-8-9-10-11-12-13-14-15-16-17-18-19-20(2,3)4;/h10-11H,5-9,12-19H2,1-4H3;1H/q+1;/p-1/b11-10-;. The maximum absolute atomic E-state index is 2.41. The molecule has 1 nitrogen and oxygen atoms in total. The Bertz CT molecular complexity index is 218. The number of unbranched alkanes of at least 4 members (excludes halogenated alkanes) is 10. The molecule has 0 rings (SSSR count). The maximum atomic E-state index is 2.41. The van der Waals surface area contributed by atoms with Gasteiger partial charge in [0.1, 0.15) is 0 Å². The average molecular weight is 318 g/mol. The second kappa shape index (κ2) is 16.4. The minimum atomic E-state index is 0. The summed E-state index contributed by atoms with van der Waals surface area (Å²) in [6, 6.07) is 0. The highest BCUT2D eigenvalue weighted by Crippen LogP contribution is 2.09. The molecule has 0 bridgehead atoms. The zero-order valence-corrected chi connectivity index (χ0v) is 15.9. The number of quaternary nitrogens is 1. The summed E-state index contributed by atoms with van der Waals surface area (Å²) in [5.74, 6) is 0. The molecule has 2 heteroatoms. The summed E-state index contributed by atoms with van der Waals surface area (Å²) in [7, 11) is 6.86. The van der Waals surface area contributed by atoms with E-state index in [9.17, 15) is 0 Å². The van der Waals surface area contributed by atoms with Crippen molar-refractivity contribution in [1.82, 2.24) is 0 Å². The molecule has 128 valence electrons. The summed E-state index contributed by atoms with van der Waals surface area (Å²) in [6.45, 7) is 3.60. The molecular weight excluding hydrogens is 278 g/mol. The number of halogens is 1. The molecule has 0 aliphatic rings. The monoisotopic (exact) mass is 317 g/mol. The van der Waals surface area contributed by atoms with Crippen LogP contribution in [0.4, 0.5) is 0 Å². The van der Waals surface area contributed by atoms with Crippen molar-refractivity contribution in [2.75, 3.05) is 27.7 Å². The summed E-state index contributed by atoms with van der Waals surface area (Å²) < 4.78 is 1.11. The van der Waals surface area contributed by atoms with Crippen LogP contribution >= 0.6 is 0 Å². The Morgan fingerprint density at radius 3 is 1.52 bits per heavy atom. The van der Waals surface area contributed by atoms with Crippen LogP contribution in [0.3, 0.4) is 0 Å². The normalized spacial score (nSPS) is 11.8. The van der Waals surface area contributed by atoms with Crippen LogP contribution in [-0.2, 0) is 0 Å². The SMILES string of the molecule is CCCCCC/C=C\CCCCCCCC[N+](C)(C)C.[Cl-]. The molecule has 0 aliphatic carbocycles. The number of rotatable bonds is 14. The summed E-state index contributed by atoms with van der Waals surface area (Å²) in [5.41, 5.74) is 0. The van der Waals surface area contributed by atoms with Gasteiger partial charge in [-0.15, -0.1) is 0 Å². The van der Waals surface area contributed by atoms with Gasteiger partial charge in [-0.25, -0.2) is 0 Å². The molecule has 0 aliphatic heterocycles. The minimum Gasteiger partial charge on any atom is -1.00 e. The van der Waals surface area contributed by atoms with Crippen LogP contribution in [0.15, 0.2) is 12.2 Å². The van der Waals surface area contributed by atoms with E-state index in [1.54, 1.807) is 0 Å². The molecule has 0 spiro atoms. The lowest BCUT2D eigenvalue weighted by Gasteiger charge is -2.23. The molecule has 0 saturated carbocycles. The van der Waals surface area contributed by atoms with E-state index in [0.29, 0.717) is 0 Å². The zero-order valence-electron chi connectivity index (χ0n) is 15.2. The van der Waals surface area contributed by atoms with Crippen LogP contribution < -0.4 is 12.4 Å². The van der Waals surface area contributed by atoms with Crippen molar-refractivity contribution >= 4 is 0 Å². The molecule has 0 amide bonds. The predicted molar refractivity (Wildman–Crippen MR) is 93.1 cm³/mol.